The summed E-state index contributed by atoms with van der Waals surface area (Å²) >= 11 is 1.05. The molecule has 1 aromatic rings. The predicted octanol–water partition coefficient (Wildman–Crippen LogP) is 2.91. The minimum absolute atomic E-state index is 0.0514. The van der Waals surface area contributed by atoms with Crippen LogP contribution in [0.1, 0.15) is 37.5 Å². The van der Waals surface area contributed by atoms with Gasteiger partial charge in [0.1, 0.15) is 4.21 Å². The molecule has 0 bridgehead atoms. The van der Waals surface area contributed by atoms with Gasteiger partial charge >= 0.3 is 0 Å². The molecular formula is C13H18ClNO3S2. The first-order valence-electron chi connectivity index (χ1n) is 6.67. The maximum atomic E-state index is 12.0. The Bertz CT molecular complexity index is 582. The van der Waals surface area contributed by atoms with Crippen molar-refractivity contribution < 1.29 is 13.2 Å². The Morgan fingerprint density at radius 1 is 1.45 bits per heavy atom. The van der Waals surface area contributed by atoms with E-state index in [1.165, 1.54) is 12.5 Å². The van der Waals surface area contributed by atoms with Crippen molar-refractivity contribution in [3.8, 4) is 0 Å². The highest BCUT2D eigenvalue weighted by Crippen LogP contribution is 2.26. The summed E-state index contributed by atoms with van der Waals surface area (Å²) in [5.41, 5.74) is 0. The summed E-state index contributed by atoms with van der Waals surface area (Å²) in [6, 6.07) is 3.34. The lowest BCUT2D eigenvalue weighted by Crippen LogP contribution is -2.38. The normalized spacial score (nSPS) is 23.5. The third-order valence-corrected chi connectivity index (χ3v) is 6.69. The van der Waals surface area contributed by atoms with Gasteiger partial charge in [-0.3, -0.25) is 4.79 Å². The van der Waals surface area contributed by atoms with Crippen LogP contribution in [0.3, 0.4) is 0 Å². The number of hydrogen-bond donors (Lipinski definition) is 1. The Morgan fingerprint density at radius 3 is 2.80 bits per heavy atom. The molecule has 2 rings (SSSR count). The second-order valence-electron chi connectivity index (χ2n) is 5.37. The summed E-state index contributed by atoms with van der Waals surface area (Å²) < 4.78 is 22.4. The second-order valence-corrected chi connectivity index (χ2v) is 9.33. The smallest absolute Gasteiger partial charge is 0.270 e. The van der Waals surface area contributed by atoms with E-state index in [0.717, 1.165) is 30.6 Å². The standard InChI is InChI=1S/C13H18ClNO3S2/c1-9-3-2-4-10(7-9)15-12(16)8-11-5-6-13(19-11)20(14,17)18/h5-6,9-10H,2-4,7-8H2,1H3,(H,15,16). The maximum absolute atomic E-state index is 12.0. The summed E-state index contributed by atoms with van der Waals surface area (Å²) in [4.78, 5) is 12.7. The SMILES string of the molecule is CC1CCCC(NC(=O)Cc2ccc(S(=O)(=O)Cl)s2)C1. The van der Waals surface area contributed by atoms with Gasteiger partial charge in [-0.25, -0.2) is 8.42 Å². The lowest BCUT2D eigenvalue weighted by atomic mass is 9.87. The van der Waals surface area contributed by atoms with Crippen LogP contribution in [0.5, 0.6) is 0 Å². The first-order valence-corrected chi connectivity index (χ1v) is 9.80. The summed E-state index contributed by atoms with van der Waals surface area (Å²) in [5.74, 6) is 0.605. The molecule has 1 fully saturated rings. The van der Waals surface area contributed by atoms with Gasteiger partial charge in [0.2, 0.25) is 5.91 Å². The number of carbonyl (C=O) groups is 1. The van der Waals surface area contributed by atoms with Crippen molar-refractivity contribution in [2.75, 3.05) is 0 Å². The van der Waals surface area contributed by atoms with E-state index in [1.807, 2.05) is 0 Å². The van der Waals surface area contributed by atoms with E-state index in [0.29, 0.717) is 10.8 Å². The van der Waals surface area contributed by atoms with Gasteiger partial charge < -0.3 is 5.32 Å². The lowest BCUT2D eigenvalue weighted by molar-refractivity contribution is -0.121. The van der Waals surface area contributed by atoms with Crippen LogP contribution in [0.2, 0.25) is 0 Å². The minimum atomic E-state index is -3.69. The van der Waals surface area contributed by atoms with Gasteiger partial charge in [0.25, 0.3) is 9.05 Å². The van der Waals surface area contributed by atoms with Crippen LogP contribution in [0.25, 0.3) is 0 Å². The molecule has 1 heterocycles. The second kappa shape index (κ2) is 6.45. The van der Waals surface area contributed by atoms with Gasteiger partial charge in [0.05, 0.1) is 6.42 Å². The molecule has 0 saturated heterocycles. The molecule has 1 N–H and O–H groups in total. The van der Waals surface area contributed by atoms with Crippen LogP contribution in [0.15, 0.2) is 16.3 Å². The molecule has 1 amide bonds. The van der Waals surface area contributed by atoms with E-state index in [2.05, 4.69) is 12.2 Å². The van der Waals surface area contributed by atoms with Crippen LogP contribution >= 0.6 is 22.0 Å². The molecule has 1 saturated carbocycles. The first-order chi connectivity index (χ1) is 9.34. The Morgan fingerprint density at radius 2 is 2.20 bits per heavy atom. The quantitative estimate of drug-likeness (QED) is 0.860. The molecule has 0 aliphatic heterocycles. The Labute approximate surface area is 127 Å². The monoisotopic (exact) mass is 335 g/mol. The number of nitrogens with one attached hydrogen (secondary N) is 1. The fourth-order valence-corrected chi connectivity index (χ4v) is 4.71. The average Bonchev–Trinajstić information content (AvgIpc) is 2.76. The average molecular weight is 336 g/mol. The molecule has 1 aromatic heterocycles. The lowest BCUT2D eigenvalue weighted by Gasteiger charge is -2.27. The van der Waals surface area contributed by atoms with Crippen molar-refractivity contribution in [2.45, 2.75) is 49.3 Å². The van der Waals surface area contributed by atoms with Crippen LogP contribution < -0.4 is 5.32 Å². The summed E-state index contributed by atoms with van der Waals surface area (Å²) in [5, 5.41) is 3.03. The van der Waals surface area contributed by atoms with E-state index in [4.69, 9.17) is 10.7 Å². The maximum Gasteiger partial charge on any atom is 0.270 e. The van der Waals surface area contributed by atoms with Gasteiger partial charge in [-0.15, -0.1) is 11.3 Å². The van der Waals surface area contributed by atoms with Gasteiger partial charge in [-0.2, -0.15) is 0 Å². The zero-order chi connectivity index (χ0) is 14.8. The topological polar surface area (TPSA) is 63.2 Å². The molecule has 112 valence electrons. The van der Waals surface area contributed by atoms with Gasteiger partial charge in [0, 0.05) is 21.6 Å². The van der Waals surface area contributed by atoms with Crippen molar-refractivity contribution in [1.29, 1.82) is 0 Å². The van der Waals surface area contributed by atoms with E-state index in [1.54, 1.807) is 6.07 Å². The fraction of sp³-hybridized carbons (Fsp3) is 0.615. The molecule has 4 nitrogen and oxygen atoms in total. The van der Waals surface area contributed by atoms with Crippen LogP contribution in [0, 0.1) is 5.92 Å². The first kappa shape index (κ1) is 15.8. The van der Waals surface area contributed by atoms with Crippen LogP contribution in [0.4, 0.5) is 0 Å². The molecule has 7 heteroatoms. The molecule has 20 heavy (non-hydrogen) atoms. The van der Waals surface area contributed by atoms with Gasteiger partial charge in [0.15, 0.2) is 0 Å². The van der Waals surface area contributed by atoms with Crippen molar-refractivity contribution in [2.24, 2.45) is 5.92 Å². The minimum Gasteiger partial charge on any atom is -0.353 e. The Kier molecular flexibility index (Phi) is 5.09. The van der Waals surface area contributed by atoms with Crippen molar-refractivity contribution >= 4 is 37.0 Å². The molecule has 1 aliphatic carbocycles. The highest BCUT2D eigenvalue weighted by molar-refractivity contribution is 8.15. The van der Waals surface area contributed by atoms with E-state index in [-0.39, 0.29) is 22.6 Å². The largest absolute Gasteiger partial charge is 0.353 e. The highest BCUT2D eigenvalue weighted by atomic mass is 35.7. The zero-order valence-corrected chi connectivity index (χ0v) is 13.7. The fourth-order valence-electron chi connectivity index (χ4n) is 2.59. The number of thiophene rings is 1. The molecular weight excluding hydrogens is 318 g/mol. The molecule has 0 radical (unpaired) electrons. The molecule has 2 unspecified atom stereocenters. The third-order valence-electron chi connectivity index (χ3n) is 3.51. The third kappa shape index (κ3) is 4.46. The molecule has 1 aliphatic rings. The van der Waals surface area contributed by atoms with E-state index in [9.17, 15) is 13.2 Å². The zero-order valence-electron chi connectivity index (χ0n) is 11.3. The van der Waals surface area contributed by atoms with E-state index < -0.39 is 9.05 Å². The number of hydrogen-bond acceptors (Lipinski definition) is 4. The molecule has 2 atom stereocenters. The van der Waals surface area contributed by atoms with Crippen molar-refractivity contribution in [3.05, 3.63) is 17.0 Å². The van der Waals surface area contributed by atoms with E-state index >= 15 is 0 Å². The van der Waals surface area contributed by atoms with Gasteiger partial charge in [-0.05, 0) is 30.9 Å². The number of rotatable bonds is 4. The highest BCUT2D eigenvalue weighted by Gasteiger charge is 2.21. The van der Waals surface area contributed by atoms with Crippen LogP contribution in [-0.2, 0) is 20.3 Å². The Balaban J connectivity index is 1.90. The summed E-state index contributed by atoms with van der Waals surface area (Å²) in [7, 11) is 1.57. The number of amides is 1. The number of halogens is 1. The summed E-state index contributed by atoms with van der Waals surface area (Å²) in [6.45, 7) is 2.20. The van der Waals surface area contributed by atoms with Crippen LogP contribution in [-0.4, -0.2) is 20.4 Å². The Hall–Kier alpha value is -0.590. The van der Waals surface area contributed by atoms with Gasteiger partial charge in [-0.1, -0.05) is 19.8 Å². The molecule has 0 spiro atoms. The van der Waals surface area contributed by atoms with Crippen molar-refractivity contribution in [3.63, 3.8) is 0 Å². The predicted molar refractivity (Wildman–Crippen MR) is 80.6 cm³/mol. The van der Waals surface area contributed by atoms with Crippen molar-refractivity contribution in [1.82, 2.24) is 5.32 Å². The summed E-state index contributed by atoms with van der Waals surface area (Å²) in [6.07, 6.45) is 4.65. The number of carbonyl (C=O) groups excluding carboxylic acids is 1. The molecule has 0 aromatic carbocycles.